The molecule has 0 aromatic heterocycles. The van der Waals surface area contributed by atoms with E-state index in [4.69, 9.17) is 9.53 Å². The number of hydrogen-bond donors (Lipinski definition) is 1. The summed E-state index contributed by atoms with van der Waals surface area (Å²) in [5.41, 5.74) is 1.30. The smallest absolute Gasteiger partial charge is 0.330 e. The van der Waals surface area contributed by atoms with Crippen LogP contribution in [0.4, 0.5) is 0 Å². The van der Waals surface area contributed by atoms with E-state index in [9.17, 15) is 9.59 Å². The van der Waals surface area contributed by atoms with Gasteiger partial charge in [-0.15, -0.1) is 0 Å². The summed E-state index contributed by atoms with van der Waals surface area (Å²) in [5, 5.41) is 8.71. The second-order valence-electron chi connectivity index (χ2n) is 5.29. The first-order valence-corrected chi connectivity index (χ1v) is 9.57. The molecule has 0 aliphatic heterocycles. The maximum atomic E-state index is 11.8. The molecule has 0 aliphatic carbocycles. The Morgan fingerprint density at radius 1 is 1.25 bits per heavy atom. The summed E-state index contributed by atoms with van der Waals surface area (Å²) < 4.78 is 5.53. The van der Waals surface area contributed by atoms with E-state index in [1.54, 1.807) is 0 Å². The average molecular weight is 292 g/mol. The fraction of sp³-hybridized carbons (Fsp3) is 0.333. The van der Waals surface area contributed by atoms with E-state index >= 15 is 0 Å². The number of rotatable bonds is 6. The van der Waals surface area contributed by atoms with Crippen molar-refractivity contribution < 1.29 is 19.1 Å². The van der Waals surface area contributed by atoms with E-state index in [-0.39, 0.29) is 18.0 Å². The van der Waals surface area contributed by atoms with Crippen molar-refractivity contribution in [1.29, 1.82) is 0 Å². The Bertz CT molecular complexity index is 506. The van der Waals surface area contributed by atoms with Crippen molar-refractivity contribution in [2.24, 2.45) is 0 Å². The highest BCUT2D eigenvalue weighted by atomic mass is 28.4. The van der Waals surface area contributed by atoms with Crippen molar-refractivity contribution in [3.05, 3.63) is 47.5 Å². The molecule has 0 spiro atoms. The van der Waals surface area contributed by atoms with Gasteiger partial charge in [0.2, 0.25) is 0 Å². The van der Waals surface area contributed by atoms with Crippen molar-refractivity contribution in [2.75, 3.05) is 0 Å². The van der Waals surface area contributed by atoms with Crippen LogP contribution < -0.4 is 0 Å². The van der Waals surface area contributed by atoms with Crippen LogP contribution in [0.3, 0.4) is 0 Å². The summed E-state index contributed by atoms with van der Waals surface area (Å²) in [5.74, 6) is -1.38. The van der Waals surface area contributed by atoms with Crippen molar-refractivity contribution >= 4 is 20.3 Å². The first kappa shape index (κ1) is 16.2. The number of hydrogen-bond acceptors (Lipinski definition) is 3. The molecule has 20 heavy (non-hydrogen) atoms. The van der Waals surface area contributed by atoms with Gasteiger partial charge in [0.15, 0.2) is 0 Å². The first-order valence-electron chi connectivity index (χ1n) is 6.46. The predicted molar refractivity (Wildman–Crippen MR) is 79.7 cm³/mol. The number of carboxylic acid groups (broad SMARTS) is 1. The molecule has 0 heterocycles. The quantitative estimate of drug-likeness (QED) is 0.647. The molecule has 1 aromatic rings. The maximum Gasteiger partial charge on any atom is 0.330 e. The van der Waals surface area contributed by atoms with Gasteiger partial charge in [-0.2, -0.15) is 0 Å². The Balaban J connectivity index is 2.56. The van der Waals surface area contributed by atoms with Gasteiger partial charge in [0.05, 0.1) is 6.42 Å². The zero-order valence-electron chi connectivity index (χ0n) is 12.1. The Labute approximate surface area is 120 Å². The second kappa shape index (κ2) is 7.05. The molecule has 0 radical (unpaired) electrons. The van der Waals surface area contributed by atoms with Gasteiger partial charge in [-0.05, 0) is 25.6 Å². The van der Waals surface area contributed by atoms with Gasteiger partial charge < -0.3 is 9.53 Å². The fourth-order valence-electron chi connectivity index (χ4n) is 1.80. The number of benzene rings is 1. The predicted octanol–water partition coefficient (Wildman–Crippen LogP) is 2.94. The molecule has 4 nitrogen and oxygen atoms in total. The Hall–Kier alpha value is -1.88. The molecular weight excluding hydrogens is 272 g/mol. The van der Waals surface area contributed by atoms with Crippen LogP contribution in [0.5, 0.6) is 0 Å². The van der Waals surface area contributed by atoms with Gasteiger partial charge in [0.25, 0.3) is 14.3 Å². The Kier molecular flexibility index (Phi) is 5.70. The number of carbonyl (C=O) groups excluding carboxylic acids is 1. The van der Waals surface area contributed by atoms with E-state index in [0.717, 1.165) is 11.6 Å². The summed E-state index contributed by atoms with van der Waals surface area (Å²) in [6.07, 6.45) is 1.39. The van der Waals surface area contributed by atoms with Crippen molar-refractivity contribution in [1.82, 2.24) is 0 Å². The van der Waals surface area contributed by atoms with E-state index in [1.807, 2.05) is 43.4 Å². The highest BCUT2D eigenvalue weighted by Gasteiger charge is 2.27. The van der Waals surface area contributed by atoms with Gasteiger partial charge in [-0.3, -0.25) is 4.79 Å². The molecule has 0 aliphatic rings. The number of carboxylic acids is 1. The first-order chi connectivity index (χ1) is 9.30. The van der Waals surface area contributed by atoms with Crippen LogP contribution in [0.15, 0.2) is 42.0 Å². The zero-order chi connectivity index (χ0) is 15.2. The van der Waals surface area contributed by atoms with Gasteiger partial charge in [-0.25, -0.2) is 4.79 Å². The maximum absolute atomic E-state index is 11.8. The van der Waals surface area contributed by atoms with Crippen LogP contribution in [0, 0.1) is 0 Å². The third kappa shape index (κ3) is 5.84. The summed E-state index contributed by atoms with van der Waals surface area (Å²) in [7, 11) is -2.13. The molecule has 1 rings (SSSR count). The van der Waals surface area contributed by atoms with Gasteiger partial charge in [0.1, 0.15) is 0 Å². The van der Waals surface area contributed by atoms with Crippen molar-refractivity contribution in [3.8, 4) is 0 Å². The van der Waals surface area contributed by atoms with Crippen LogP contribution >= 0.6 is 0 Å². The topological polar surface area (TPSA) is 63.6 Å². The molecular formula is C15H20O4Si. The van der Waals surface area contributed by atoms with Crippen LogP contribution in [0.2, 0.25) is 13.1 Å². The lowest BCUT2D eigenvalue weighted by Crippen LogP contribution is -2.36. The Morgan fingerprint density at radius 3 is 2.40 bits per heavy atom. The molecule has 0 bridgehead atoms. The molecule has 1 N–H and O–H groups in total. The van der Waals surface area contributed by atoms with E-state index in [0.29, 0.717) is 0 Å². The summed E-state index contributed by atoms with van der Waals surface area (Å²) in [6, 6.07) is 10.6. The standard InChI is InChI=1S/C15H20O4Si/c1-12(15(17)18)9-10-14(16)19-20(2,3)11-13-7-5-4-6-8-13/h4-9H,10-11H2,1-3H3,(H,17,18). The van der Waals surface area contributed by atoms with E-state index in [2.05, 4.69) is 0 Å². The second-order valence-corrected chi connectivity index (χ2v) is 9.37. The monoisotopic (exact) mass is 292 g/mol. The molecule has 5 heteroatoms. The normalized spacial score (nSPS) is 12.1. The Morgan fingerprint density at radius 2 is 1.85 bits per heavy atom. The molecule has 0 saturated heterocycles. The van der Waals surface area contributed by atoms with Gasteiger partial charge in [0, 0.05) is 11.6 Å². The highest BCUT2D eigenvalue weighted by molar-refractivity contribution is 6.72. The van der Waals surface area contributed by atoms with Gasteiger partial charge in [-0.1, -0.05) is 36.4 Å². The van der Waals surface area contributed by atoms with Crippen LogP contribution in [-0.2, 0) is 20.1 Å². The minimum absolute atomic E-state index is 0.00333. The minimum atomic E-state index is -2.13. The van der Waals surface area contributed by atoms with E-state index in [1.165, 1.54) is 13.0 Å². The van der Waals surface area contributed by atoms with E-state index < -0.39 is 14.3 Å². The van der Waals surface area contributed by atoms with Crippen LogP contribution in [-0.4, -0.2) is 25.4 Å². The summed E-state index contributed by atoms with van der Waals surface area (Å²) in [4.78, 5) is 22.4. The number of aliphatic carboxylic acids is 1. The lowest BCUT2D eigenvalue weighted by atomic mass is 10.2. The molecule has 0 amide bonds. The lowest BCUT2D eigenvalue weighted by Gasteiger charge is -2.22. The van der Waals surface area contributed by atoms with Gasteiger partial charge >= 0.3 is 5.97 Å². The molecule has 0 atom stereocenters. The molecule has 1 aromatic carbocycles. The summed E-state index contributed by atoms with van der Waals surface area (Å²) >= 11 is 0. The zero-order valence-corrected chi connectivity index (χ0v) is 13.1. The minimum Gasteiger partial charge on any atom is -0.519 e. The lowest BCUT2D eigenvalue weighted by molar-refractivity contribution is -0.134. The molecule has 108 valence electrons. The highest BCUT2D eigenvalue weighted by Crippen LogP contribution is 2.14. The summed E-state index contributed by atoms with van der Waals surface area (Å²) in [6.45, 7) is 5.42. The molecule has 0 fully saturated rings. The SMILES string of the molecule is CC(=CCC(=O)O[Si](C)(C)Cc1ccccc1)C(=O)O. The number of carbonyl (C=O) groups is 2. The molecule has 0 unspecified atom stereocenters. The third-order valence-electron chi connectivity index (χ3n) is 2.78. The average Bonchev–Trinajstić information content (AvgIpc) is 2.35. The fourth-order valence-corrected chi connectivity index (χ4v) is 3.79. The van der Waals surface area contributed by atoms with Crippen molar-refractivity contribution in [2.45, 2.75) is 32.5 Å². The van der Waals surface area contributed by atoms with Crippen LogP contribution in [0.25, 0.3) is 0 Å². The van der Waals surface area contributed by atoms with Crippen LogP contribution in [0.1, 0.15) is 18.9 Å². The third-order valence-corrected chi connectivity index (χ3v) is 4.82. The van der Waals surface area contributed by atoms with Crippen molar-refractivity contribution in [3.63, 3.8) is 0 Å². The molecule has 0 saturated carbocycles. The largest absolute Gasteiger partial charge is 0.519 e.